The summed E-state index contributed by atoms with van der Waals surface area (Å²) in [4.78, 5) is 11.4. The maximum Gasteiger partial charge on any atom is 0.218 e. The number of ether oxygens (including phenoxy) is 1. The second kappa shape index (κ2) is 11.7. The Hall–Kier alpha value is -1.55. The molecule has 2 fully saturated rings. The van der Waals surface area contributed by atoms with E-state index in [1.165, 1.54) is 17.8 Å². The van der Waals surface area contributed by atoms with Gasteiger partial charge in [-0.2, -0.15) is 0 Å². The Morgan fingerprint density at radius 2 is 2.00 bits per heavy atom. The molecule has 0 atom stereocenters. The van der Waals surface area contributed by atoms with Crippen molar-refractivity contribution < 1.29 is 4.74 Å². The van der Waals surface area contributed by atoms with Gasteiger partial charge in [0, 0.05) is 44.5 Å². The summed E-state index contributed by atoms with van der Waals surface area (Å²) in [5.74, 6) is 1.60. The monoisotopic (exact) mass is 541 g/mol. The van der Waals surface area contributed by atoms with E-state index >= 15 is 0 Å². The summed E-state index contributed by atoms with van der Waals surface area (Å²) in [5.41, 5.74) is 1.08. The number of rotatable bonds is 6. The minimum atomic E-state index is 0. The van der Waals surface area contributed by atoms with Gasteiger partial charge in [-0.25, -0.2) is 4.98 Å². The molecule has 6 nitrogen and oxygen atoms in total. The highest BCUT2D eigenvalue weighted by atomic mass is 127. The molecule has 1 aliphatic carbocycles. The minimum Gasteiger partial charge on any atom is -0.474 e. The van der Waals surface area contributed by atoms with Gasteiger partial charge in [0.05, 0.1) is 5.00 Å². The molecule has 164 valence electrons. The molecule has 0 spiro atoms. The molecule has 0 amide bonds. The smallest absolute Gasteiger partial charge is 0.218 e. The number of anilines is 1. The summed E-state index contributed by atoms with van der Waals surface area (Å²) in [6.45, 7) is 2.82. The first-order chi connectivity index (χ1) is 14.3. The molecule has 2 N–H and O–H groups in total. The third-order valence-corrected chi connectivity index (χ3v) is 6.68. The molecule has 4 rings (SSSR count). The lowest BCUT2D eigenvalue weighted by atomic mass is 10.1. The highest BCUT2D eigenvalue weighted by Crippen LogP contribution is 2.26. The number of aliphatic imine (C=N–C) groups is 1. The quantitative estimate of drug-likeness (QED) is 0.322. The van der Waals surface area contributed by atoms with Crippen molar-refractivity contribution in [3.05, 3.63) is 41.4 Å². The summed E-state index contributed by atoms with van der Waals surface area (Å²) in [5, 5.41) is 10.6. The zero-order chi connectivity index (χ0) is 19.9. The molecule has 2 aromatic heterocycles. The van der Waals surface area contributed by atoms with E-state index in [1.807, 2.05) is 30.6 Å². The number of halogens is 1. The number of hydrogen-bond donors (Lipinski definition) is 2. The van der Waals surface area contributed by atoms with E-state index in [2.05, 4.69) is 49.1 Å². The zero-order valence-corrected chi connectivity index (χ0v) is 20.7. The number of nitrogens with zero attached hydrogens (tertiary/aromatic N) is 3. The van der Waals surface area contributed by atoms with Crippen LogP contribution in [0.15, 0.2) is 40.8 Å². The van der Waals surface area contributed by atoms with Gasteiger partial charge in [-0.1, -0.05) is 6.07 Å². The fraction of sp³-hybridized carbons (Fsp3) is 0.545. The molecule has 0 unspecified atom stereocenters. The average Bonchev–Trinajstić information content (AvgIpc) is 3.47. The van der Waals surface area contributed by atoms with Crippen LogP contribution in [0.4, 0.5) is 5.00 Å². The first kappa shape index (κ1) is 23.1. The lowest BCUT2D eigenvalue weighted by Crippen LogP contribution is -2.48. The van der Waals surface area contributed by atoms with E-state index < -0.39 is 0 Å². The van der Waals surface area contributed by atoms with E-state index in [0.717, 1.165) is 56.2 Å². The van der Waals surface area contributed by atoms with Crippen molar-refractivity contribution in [2.24, 2.45) is 4.99 Å². The molecule has 3 heterocycles. The van der Waals surface area contributed by atoms with E-state index in [4.69, 9.17) is 4.74 Å². The molecule has 1 saturated heterocycles. The summed E-state index contributed by atoms with van der Waals surface area (Å²) in [6.07, 6.45) is 9.13. The normalized spacial score (nSPS) is 18.2. The van der Waals surface area contributed by atoms with Crippen LogP contribution in [0, 0.1) is 0 Å². The van der Waals surface area contributed by atoms with Crippen LogP contribution in [0.25, 0.3) is 0 Å². The number of nitrogens with one attached hydrogen (secondary N) is 2. The van der Waals surface area contributed by atoms with Gasteiger partial charge in [0.2, 0.25) is 5.88 Å². The number of hydrogen-bond acceptors (Lipinski definition) is 5. The van der Waals surface area contributed by atoms with Gasteiger partial charge in [0.1, 0.15) is 6.10 Å². The van der Waals surface area contributed by atoms with Crippen molar-refractivity contribution in [2.45, 2.75) is 57.2 Å². The largest absolute Gasteiger partial charge is 0.474 e. The first-order valence-corrected chi connectivity index (χ1v) is 11.6. The van der Waals surface area contributed by atoms with E-state index in [-0.39, 0.29) is 24.0 Å². The Balaban J connectivity index is 0.00000256. The average molecular weight is 542 g/mol. The highest BCUT2D eigenvalue weighted by molar-refractivity contribution is 14.0. The Morgan fingerprint density at radius 1 is 1.20 bits per heavy atom. The third-order valence-electron chi connectivity index (χ3n) is 5.75. The number of aromatic nitrogens is 1. The summed E-state index contributed by atoms with van der Waals surface area (Å²) in [6, 6.07) is 8.82. The SMILES string of the molecule is CN=C(NCc1cccnc1OC1CCCC1)NC1CCN(c2cccs2)CC1.I. The molecule has 0 bridgehead atoms. The summed E-state index contributed by atoms with van der Waals surface area (Å²) >= 11 is 1.82. The fourth-order valence-corrected chi connectivity index (χ4v) is 4.88. The topological polar surface area (TPSA) is 61.8 Å². The van der Waals surface area contributed by atoms with Crippen molar-refractivity contribution in [3.8, 4) is 5.88 Å². The fourth-order valence-electron chi connectivity index (χ4n) is 4.09. The van der Waals surface area contributed by atoms with Crippen LogP contribution in [-0.4, -0.2) is 43.2 Å². The summed E-state index contributed by atoms with van der Waals surface area (Å²) in [7, 11) is 1.83. The molecule has 8 heteroatoms. The van der Waals surface area contributed by atoms with Crippen LogP contribution < -0.4 is 20.3 Å². The van der Waals surface area contributed by atoms with Crippen molar-refractivity contribution in [1.29, 1.82) is 0 Å². The van der Waals surface area contributed by atoms with Crippen LogP contribution >= 0.6 is 35.3 Å². The maximum absolute atomic E-state index is 6.15. The van der Waals surface area contributed by atoms with E-state index in [0.29, 0.717) is 18.7 Å². The molecule has 30 heavy (non-hydrogen) atoms. The van der Waals surface area contributed by atoms with Crippen LogP contribution in [-0.2, 0) is 6.54 Å². The Kier molecular flexibility index (Phi) is 9.05. The standard InChI is InChI=1S/C22H31N5OS.HI/c1-23-22(26-18-10-13-27(14-11-18)20-9-5-15-29-20)25-16-17-6-4-12-24-21(17)28-19-7-2-3-8-19;/h4-6,9,12,15,18-19H,2-3,7-8,10-11,13-14,16H2,1H3,(H2,23,25,26);1H. The summed E-state index contributed by atoms with van der Waals surface area (Å²) < 4.78 is 6.15. The van der Waals surface area contributed by atoms with Gasteiger partial charge < -0.3 is 20.3 Å². The molecular weight excluding hydrogens is 509 g/mol. The lowest BCUT2D eigenvalue weighted by molar-refractivity contribution is 0.199. The predicted octanol–water partition coefficient (Wildman–Crippen LogP) is 4.42. The Bertz CT molecular complexity index is 787. The molecule has 1 aliphatic heterocycles. The zero-order valence-electron chi connectivity index (χ0n) is 17.5. The van der Waals surface area contributed by atoms with Crippen LogP contribution in [0.3, 0.4) is 0 Å². The predicted molar refractivity (Wildman–Crippen MR) is 135 cm³/mol. The molecule has 2 aliphatic rings. The van der Waals surface area contributed by atoms with Gasteiger partial charge in [-0.05, 0) is 62.1 Å². The molecule has 2 aromatic rings. The molecule has 0 radical (unpaired) electrons. The molecule has 0 aromatic carbocycles. The maximum atomic E-state index is 6.15. The van der Waals surface area contributed by atoms with E-state index in [9.17, 15) is 0 Å². The van der Waals surface area contributed by atoms with Gasteiger partial charge in [0.25, 0.3) is 0 Å². The number of pyridine rings is 1. The highest BCUT2D eigenvalue weighted by Gasteiger charge is 2.21. The van der Waals surface area contributed by atoms with Gasteiger partial charge in [-0.3, -0.25) is 4.99 Å². The van der Waals surface area contributed by atoms with Crippen LogP contribution in [0.5, 0.6) is 5.88 Å². The van der Waals surface area contributed by atoms with Crippen LogP contribution in [0.2, 0.25) is 0 Å². The third kappa shape index (κ3) is 6.23. The van der Waals surface area contributed by atoms with Crippen molar-refractivity contribution in [3.63, 3.8) is 0 Å². The number of thiophene rings is 1. The molecule has 1 saturated carbocycles. The number of guanidine groups is 1. The van der Waals surface area contributed by atoms with Crippen LogP contribution in [0.1, 0.15) is 44.1 Å². The van der Waals surface area contributed by atoms with Gasteiger partial charge >= 0.3 is 0 Å². The van der Waals surface area contributed by atoms with Crippen molar-refractivity contribution >= 4 is 46.3 Å². The Morgan fingerprint density at radius 3 is 2.70 bits per heavy atom. The van der Waals surface area contributed by atoms with Gasteiger partial charge in [0.15, 0.2) is 5.96 Å². The van der Waals surface area contributed by atoms with E-state index in [1.54, 1.807) is 0 Å². The number of piperidine rings is 1. The van der Waals surface area contributed by atoms with Crippen molar-refractivity contribution in [1.82, 2.24) is 15.6 Å². The minimum absolute atomic E-state index is 0. The molecular formula is C22H32IN5OS. The second-order valence-electron chi connectivity index (χ2n) is 7.77. The second-order valence-corrected chi connectivity index (χ2v) is 8.70. The Labute approximate surface area is 200 Å². The first-order valence-electron chi connectivity index (χ1n) is 10.7. The van der Waals surface area contributed by atoms with Gasteiger partial charge in [-0.15, -0.1) is 35.3 Å². The lowest BCUT2D eigenvalue weighted by Gasteiger charge is -2.33. The van der Waals surface area contributed by atoms with Crippen molar-refractivity contribution in [2.75, 3.05) is 25.0 Å².